The number of fused-ring (bicyclic) bond motifs is 1. The maximum Gasteiger partial charge on any atom is 0.337 e. The summed E-state index contributed by atoms with van der Waals surface area (Å²) in [6.45, 7) is 2.80. The molecule has 0 radical (unpaired) electrons. The number of carboxylic acid groups (broad SMARTS) is 1. The summed E-state index contributed by atoms with van der Waals surface area (Å²) in [5, 5.41) is 17.4. The van der Waals surface area contributed by atoms with Crippen LogP contribution in [0.5, 0.6) is 0 Å². The van der Waals surface area contributed by atoms with Gasteiger partial charge in [0.25, 0.3) is 0 Å². The molecular weight excluding hydrogens is 246 g/mol. The Morgan fingerprint density at radius 3 is 3.11 bits per heavy atom. The van der Waals surface area contributed by atoms with Gasteiger partial charge in [0.05, 0.1) is 11.7 Å². The fourth-order valence-electron chi connectivity index (χ4n) is 2.63. The van der Waals surface area contributed by atoms with Crippen LogP contribution in [0.1, 0.15) is 41.9 Å². The highest BCUT2D eigenvalue weighted by molar-refractivity contribution is 5.87. The van der Waals surface area contributed by atoms with Gasteiger partial charge in [0.1, 0.15) is 5.82 Å². The van der Waals surface area contributed by atoms with Gasteiger partial charge in [-0.05, 0) is 25.0 Å². The molecule has 0 saturated carbocycles. The third-order valence-electron chi connectivity index (χ3n) is 3.62. The first-order valence-corrected chi connectivity index (χ1v) is 6.40. The molecule has 0 spiro atoms. The van der Waals surface area contributed by atoms with Crippen LogP contribution in [0.15, 0.2) is 18.3 Å². The van der Waals surface area contributed by atoms with Crippen molar-refractivity contribution in [2.45, 2.75) is 31.8 Å². The number of hydrogen-bond donors (Lipinski definition) is 1. The van der Waals surface area contributed by atoms with Gasteiger partial charge in [-0.1, -0.05) is 6.92 Å². The lowest BCUT2D eigenvalue weighted by Crippen LogP contribution is -2.16. The maximum absolute atomic E-state index is 11.0. The van der Waals surface area contributed by atoms with Crippen molar-refractivity contribution in [3.8, 4) is 0 Å². The summed E-state index contributed by atoms with van der Waals surface area (Å²) in [5.74, 6) is 0.0303. The normalized spacial score (nSPS) is 23.0. The molecule has 3 heterocycles. The van der Waals surface area contributed by atoms with Crippen molar-refractivity contribution in [2.24, 2.45) is 0 Å². The number of carbonyl (C=O) groups is 1. The molecule has 0 aromatic carbocycles. The van der Waals surface area contributed by atoms with Gasteiger partial charge in [0.15, 0.2) is 5.65 Å². The highest BCUT2D eigenvalue weighted by Gasteiger charge is 2.31. The second-order valence-electron chi connectivity index (χ2n) is 4.72. The van der Waals surface area contributed by atoms with Gasteiger partial charge in [0, 0.05) is 18.7 Å². The molecule has 2 atom stereocenters. The van der Waals surface area contributed by atoms with E-state index in [2.05, 4.69) is 17.1 Å². The van der Waals surface area contributed by atoms with Crippen LogP contribution in [0, 0.1) is 0 Å². The lowest BCUT2D eigenvalue weighted by Gasteiger charge is -2.14. The number of rotatable bonds is 3. The van der Waals surface area contributed by atoms with Gasteiger partial charge in [-0.25, -0.2) is 4.79 Å². The van der Waals surface area contributed by atoms with E-state index in [1.54, 1.807) is 22.7 Å². The number of aromatic nitrogens is 3. The molecule has 3 rings (SSSR count). The molecular formula is C13H15N3O3. The standard InChI is InChI=1S/C13H15N3O3/c1-2-10-9(5-6-19-10)12-15-14-11-4-3-8(13(17)18)7-16(11)12/h3-4,7,9-10H,2,5-6H2,1H3,(H,17,18). The topological polar surface area (TPSA) is 76.7 Å². The number of aromatic carboxylic acids is 1. The number of pyridine rings is 1. The van der Waals surface area contributed by atoms with Crippen molar-refractivity contribution < 1.29 is 14.6 Å². The highest BCUT2D eigenvalue weighted by atomic mass is 16.5. The fraction of sp³-hybridized carbons (Fsp3) is 0.462. The first-order chi connectivity index (χ1) is 9.20. The number of hydrogen-bond acceptors (Lipinski definition) is 4. The minimum absolute atomic E-state index is 0.140. The highest BCUT2D eigenvalue weighted by Crippen LogP contribution is 2.32. The Kier molecular flexibility index (Phi) is 2.94. The Morgan fingerprint density at radius 1 is 1.53 bits per heavy atom. The van der Waals surface area contributed by atoms with Crippen molar-refractivity contribution in [2.75, 3.05) is 6.61 Å². The maximum atomic E-state index is 11.0. The lowest BCUT2D eigenvalue weighted by molar-refractivity contribution is 0.0696. The van der Waals surface area contributed by atoms with Crippen molar-refractivity contribution in [1.29, 1.82) is 0 Å². The molecule has 1 fully saturated rings. The van der Waals surface area contributed by atoms with Crippen molar-refractivity contribution in [3.63, 3.8) is 0 Å². The van der Waals surface area contributed by atoms with Crippen molar-refractivity contribution in [1.82, 2.24) is 14.6 Å². The predicted molar refractivity (Wildman–Crippen MR) is 67.3 cm³/mol. The molecule has 1 aliphatic heterocycles. The van der Waals surface area contributed by atoms with Gasteiger partial charge in [-0.15, -0.1) is 10.2 Å². The second kappa shape index (κ2) is 4.62. The summed E-state index contributed by atoms with van der Waals surface area (Å²) >= 11 is 0. The van der Waals surface area contributed by atoms with E-state index in [4.69, 9.17) is 9.84 Å². The van der Waals surface area contributed by atoms with E-state index in [-0.39, 0.29) is 17.6 Å². The van der Waals surface area contributed by atoms with E-state index >= 15 is 0 Å². The monoisotopic (exact) mass is 261 g/mol. The van der Waals surface area contributed by atoms with Crippen molar-refractivity contribution >= 4 is 11.6 Å². The van der Waals surface area contributed by atoms with E-state index in [0.717, 1.165) is 25.3 Å². The molecule has 1 saturated heterocycles. The predicted octanol–water partition coefficient (Wildman–Crippen LogP) is 1.71. The molecule has 6 heteroatoms. The summed E-state index contributed by atoms with van der Waals surface area (Å²) in [5.41, 5.74) is 0.905. The molecule has 19 heavy (non-hydrogen) atoms. The largest absolute Gasteiger partial charge is 0.478 e. The zero-order valence-corrected chi connectivity index (χ0v) is 10.6. The van der Waals surface area contributed by atoms with E-state index in [0.29, 0.717) is 5.65 Å². The van der Waals surface area contributed by atoms with Gasteiger partial charge >= 0.3 is 5.97 Å². The van der Waals surface area contributed by atoms with E-state index in [1.165, 1.54) is 0 Å². The number of ether oxygens (including phenoxy) is 1. The zero-order valence-electron chi connectivity index (χ0n) is 10.6. The Labute approximate surface area is 110 Å². The van der Waals surface area contributed by atoms with Crippen LogP contribution in [-0.2, 0) is 4.74 Å². The van der Waals surface area contributed by atoms with Crippen LogP contribution < -0.4 is 0 Å². The summed E-state index contributed by atoms with van der Waals surface area (Å²) in [4.78, 5) is 11.0. The molecule has 2 aromatic heterocycles. The van der Waals surface area contributed by atoms with E-state index in [9.17, 15) is 4.79 Å². The van der Waals surface area contributed by atoms with Gasteiger partial charge in [0.2, 0.25) is 0 Å². The molecule has 100 valence electrons. The molecule has 1 N–H and O–H groups in total. The summed E-state index contributed by atoms with van der Waals surface area (Å²) in [6, 6.07) is 3.22. The molecule has 6 nitrogen and oxygen atoms in total. The van der Waals surface area contributed by atoms with E-state index in [1.807, 2.05) is 0 Å². The quantitative estimate of drug-likeness (QED) is 0.910. The van der Waals surface area contributed by atoms with Crippen LogP contribution in [0.4, 0.5) is 0 Å². The second-order valence-corrected chi connectivity index (χ2v) is 4.72. The smallest absolute Gasteiger partial charge is 0.337 e. The van der Waals surface area contributed by atoms with Crippen LogP contribution in [-0.4, -0.2) is 38.4 Å². The molecule has 0 aliphatic carbocycles. The first-order valence-electron chi connectivity index (χ1n) is 6.40. The third-order valence-corrected chi connectivity index (χ3v) is 3.62. The fourth-order valence-corrected chi connectivity index (χ4v) is 2.63. The molecule has 2 aromatic rings. The van der Waals surface area contributed by atoms with Crippen LogP contribution in [0.2, 0.25) is 0 Å². The number of nitrogens with zero attached hydrogens (tertiary/aromatic N) is 3. The number of carboxylic acids is 1. The third kappa shape index (κ3) is 1.98. The first kappa shape index (κ1) is 12.1. The Morgan fingerprint density at radius 2 is 2.37 bits per heavy atom. The SMILES string of the molecule is CCC1OCCC1c1nnc2ccc(C(=O)O)cn12. The van der Waals surface area contributed by atoms with Gasteiger partial charge in [-0.2, -0.15) is 0 Å². The summed E-state index contributed by atoms with van der Waals surface area (Å²) in [6.07, 6.45) is 3.54. The van der Waals surface area contributed by atoms with Gasteiger partial charge in [-0.3, -0.25) is 4.40 Å². The minimum atomic E-state index is -0.948. The molecule has 2 unspecified atom stereocenters. The van der Waals surface area contributed by atoms with Crippen LogP contribution >= 0.6 is 0 Å². The minimum Gasteiger partial charge on any atom is -0.478 e. The molecule has 0 amide bonds. The molecule has 1 aliphatic rings. The van der Waals surface area contributed by atoms with Gasteiger partial charge < -0.3 is 9.84 Å². The van der Waals surface area contributed by atoms with Crippen LogP contribution in [0.25, 0.3) is 5.65 Å². The Hall–Kier alpha value is -1.95. The molecule has 0 bridgehead atoms. The lowest BCUT2D eigenvalue weighted by atomic mass is 9.99. The Balaban J connectivity index is 2.08. The average molecular weight is 261 g/mol. The Bertz CT molecular complexity index is 623. The zero-order chi connectivity index (χ0) is 13.4. The van der Waals surface area contributed by atoms with E-state index < -0.39 is 5.97 Å². The van der Waals surface area contributed by atoms with Crippen LogP contribution in [0.3, 0.4) is 0 Å². The summed E-state index contributed by atoms with van der Waals surface area (Å²) in [7, 11) is 0. The van der Waals surface area contributed by atoms with Crippen molar-refractivity contribution in [3.05, 3.63) is 29.7 Å². The summed E-state index contributed by atoms with van der Waals surface area (Å²) < 4.78 is 7.44. The average Bonchev–Trinajstić information content (AvgIpc) is 3.03.